The first-order chi connectivity index (χ1) is 15.6. The minimum atomic E-state index is -1.16. The third kappa shape index (κ3) is 9.84. The van der Waals surface area contributed by atoms with Gasteiger partial charge in [0.2, 0.25) is 11.7 Å². The van der Waals surface area contributed by atoms with Crippen LogP contribution in [0.4, 0.5) is 8.78 Å². The molecule has 1 nitrogen and oxygen atoms in total. The lowest BCUT2D eigenvalue weighted by Crippen LogP contribution is -1.96. The van der Waals surface area contributed by atoms with E-state index in [1.54, 1.807) is 24.3 Å². The first-order valence-electron chi connectivity index (χ1n) is 11.5. The van der Waals surface area contributed by atoms with Gasteiger partial charge in [-0.3, -0.25) is 0 Å². The smallest absolute Gasteiger partial charge is 0.217 e. The van der Waals surface area contributed by atoms with E-state index in [9.17, 15) is 8.78 Å². The van der Waals surface area contributed by atoms with Crippen LogP contribution in [-0.4, -0.2) is 6.61 Å². The van der Waals surface area contributed by atoms with Gasteiger partial charge in [0.1, 0.15) is 5.75 Å². The zero-order valence-corrected chi connectivity index (χ0v) is 19.1. The molecule has 0 aromatic heterocycles. The summed E-state index contributed by atoms with van der Waals surface area (Å²) in [5.74, 6) is 8.12. The molecular weight excluding hydrogens is 402 g/mol. The van der Waals surface area contributed by atoms with Gasteiger partial charge in [0.15, 0.2) is 0 Å². The van der Waals surface area contributed by atoms with Gasteiger partial charge in [0.05, 0.1) is 6.61 Å². The summed E-state index contributed by atoms with van der Waals surface area (Å²) in [6.45, 7) is 5.02. The Bertz CT molecular complexity index is 964. The van der Waals surface area contributed by atoms with Crippen molar-refractivity contribution in [2.24, 2.45) is 0 Å². The Kier molecular flexibility index (Phi) is 11.7. The van der Waals surface area contributed by atoms with Gasteiger partial charge in [-0.15, -0.1) is 0 Å². The molecule has 3 heteroatoms. The molecule has 0 spiro atoms. The number of hydrogen-bond donors (Lipinski definition) is 0. The van der Waals surface area contributed by atoms with Gasteiger partial charge in [0.25, 0.3) is 0 Å². The molecule has 0 aliphatic heterocycles. The maximum absolute atomic E-state index is 14.0. The maximum atomic E-state index is 14.0. The Morgan fingerprint density at radius 2 is 1.22 bits per heavy atom. The second-order valence-electron chi connectivity index (χ2n) is 7.72. The fourth-order valence-electron chi connectivity index (χ4n) is 3.05. The zero-order chi connectivity index (χ0) is 23.0. The molecule has 0 N–H and O–H groups in total. The lowest BCUT2D eigenvalue weighted by molar-refractivity contribution is 0.305. The summed E-state index contributed by atoms with van der Waals surface area (Å²) in [5.41, 5.74) is 2.45. The molecule has 2 aromatic rings. The number of allylic oxidation sites excluding steroid dienone is 2. The number of hydrogen-bond acceptors (Lipinski definition) is 1. The highest BCUT2D eigenvalue weighted by Crippen LogP contribution is 2.14. The molecule has 168 valence electrons. The van der Waals surface area contributed by atoms with Crippen molar-refractivity contribution in [2.45, 2.75) is 65.2 Å². The van der Waals surface area contributed by atoms with E-state index in [4.69, 9.17) is 4.74 Å². The van der Waals surface area contributed by atoms with Crippen LogP contribution >= 0.6 is 0 Å². The summed E-state index contributed by atoms with van der Waals surface area (Å²) in [6.07, 6.45) is 9.14. The highest BCUT2D eigenvalue weighted by molar-refractivity contribution is 5.46. The second kappa shape index (κ2) is 14.9. The summed E-state index contributed by atoms with van der Waals surface area (Å²) in [6, 6.07) is 14.7. The molecule has 2 rings (SSSR count). The number of aryl methyl sites for hydroxylation is 1. The largest absolute Gasteiger partial charge is 0.494 e. The standard InChI is InChI=1S/C29H32F2O/c1-3-5-7-9-23-32-27-19-15-26(16-20-27)18-22-29(31)28(30)21-17-25-13-11-24(12-14-25)10-8-6-4-2/h11-16,19-20H,3-10,23H2,1-2H3/b29-28+. The summed E-state index contributed by atoms with van der Waals surface area (Å²) < 4.78 is 33.6. The fourth-order valence-corrected chi connectivity index (χ4v) is 3.05. The van der Waals surface area contributed by atoms with Gasteiger partial charge in [-0.05, 0) is 73.1 Å². The van der Waals surface area contributed by atoms with Crippen LogP contribution in [0.2, 0.25) is 0 Å². The van der Waals surface area contributed by atoms with Crippen molar-refractivity contribution in [3.63, 3.8) is 0 Å². The predicted octanol–water partition coefficient (Wildman–Crippen LogP) is 7.93. The quantitative estimate of drug-likeness (QED) is 0.272. The van der Waals surface area contributed by atoms with E-state index in [2.05, 4.69) is 37.5 Å². The highest BCUT2D eigenvalue weighted by atomic mass is 19.2. The third-order valence-electron chi connectivity index (χ3n) is 4.97. The van der Waals surface area contributed by atoms with E-state index >= 15 is 0 Å². The van der Waals surface area contributed by atoms with Crippen molar-refractivity contribution in [1.82, 2.24) is 0 Å². The lowest BCUT2D eigenvalue weighted by atomic mass is 10.1. The van der Waals surface area contributed by atoms with Crippen LogP contribution in [0.5, 0.6) is 5.75 Å². The predicted molar refractivity (Wildman–Crippen MR) is 129 cm³/mol. The molecule has 0 aliphatic rings. The van der Waals surface area contributed by atoms with Gasteiger partial charge >= 0.3 is 0 Å². The maximum Gasteiger partial charge on any atom is 0.217 e. The summed E-state index contributed by atoms with van der Waals surface area (Å²) in [7, 11) is 0. The van der Waals surface area contributed by atoms with Crippen molar-refractivity contribution in [3.05, 3.63) is 76.9 Å². The fraction of sp³-hybridized carbons (Fsp3) is 0.379. The molecule has 0 unspecified atom stereocenters. The van der Waals surface area contributed by atoms with Gasteiger partial charge < -0.3 is 4.74 Å². The van der Waals surface area contributed by atoms with Crippen LogP contribution < -0.4 is 4.74 Å². The van der Waals surface area contributed by atoms with E-state index in [1.807, 2.05) is 24.3 Å². The van der Waals surface area contributed by atoms with Crippen molar-refractivity contribution in [1.29, 1.82) is 0 Å². The number of rotatable bonds is 10. The average molecular weight is 435 g/mol. The van der Waals surface area contributed by atoms with Crippen LogP contribution in [-0.2, 0) is 6.42 Å². The minimum absolute atomic E-state index is 0.581. The van der Waals surface area contributed by atoms with Gasteiger partial charge in [0, 0.05) is 11.1 Å². The van der Waals surface area contributed by atoms with Crippen LogP contribution in [0, 0.1) is 23.7 Å². The SMILES string of the molecule is CCCCCCOc1ccc(C#C/C(F)=C(\F)C#Cc2ccc(CCCCC)cc2)cc1. The third-order valence-corrected chi connectivity index (χ3v) is 4.97. The van der Waals surface area contributed by atoms with Crippen LogP contribution in [0.3, 0.4) is 0 Å². The first-order valence-corrected chi connectivity index (χ1v) is 11.5. The normalized spacial score (nSPS) is 11.0. The summed E-state index contributed by atoms with van der Waals surface area (Å²) in [5, 5.41) is 0. The van der Waals surface area contributed by atoms with Gasteiger partial charge in [-0.25, -0.2) is 0 Å². The first kappa shape index (κ1) is 25.2. The Morgan fingerprint density at radius 1 is 0.688 bits per heavy atom. The number of unbranched alkanes of at least 4 members (excludes halogenated alkanes) is 5. The Hall–Kier alpha value is -3.04. The molecule has 0 fully saturated rings. The number of halogens is 2. The van der Waals surface area contributed by atoms with Gasteiger partial charge in [-0.2, -0.15) is 8.78 Å². The van der Waals surface area contributed by atoms with E-state index in [1.165, 1.54) is 31.2 Å². The van der Waals surface area contributed by atoms with Crippen LogP contribution in [0.15, 0.2) is 60.2 Å². The molecule has 0 amide bonds. The molecular formula is C29H32F2O. The van der Waals surface area contributed by atoms with E-state index in [0.717, 1.165) is 31.4 Å². The molecule has 32 heavy (non-hydrogen) atoms. The molecule has 0 saturated carbocycles. The zero-order valence-electron chi connectivity index (χ0n) is 19.1. The summed E-state index contributed by atoms with van der Waals surface area (Å²) in [4.78, 5) is 0. The Labute approximate surface area is 191 Å². The van der Waals surface area contributed by atoms with Crippen molar-refractivity contribution in [3.8, 4) is 29.4 Å². The van der Waals surface area contributed by atoms with Crippen molar-refractivity contribution in [2.75, 3.05) is 6.61 Å². The van der Waals surface area contributed by atoms with Crippen molar-refractivity contribution < 1.29 is 13.5 Å². The highest BCUT2D eigenvalue weighted by Gasteiger charge is 2.00. The van der Waals surface area contributed by atoms with E-state index in [-0.39, 0.29) is 0 Å². The number of benzene rings is 2. The van der Waals surface area contributed by atoms with E-state index < -0.39 is 11.7 Å². The van der Waals surface area contributed by atoms with E-state index in [0.29, 0.717) is 17.7 Å². The topological polar surface area (TPSA) is 9.23 Å². The molecule has 0 radical (unpaired) electrons. The lowest BCUT2D eigenvalue weighted by Gasteiger charge is -2.05. The molecule has 0 atom stereocenters. The Morgan fingerprint density at radius 3 is 1.78 bits per heavy atom. The molecule has 0 heterocycles. The minimum Gasteiger partial charge on any atom is -0.494 e. The Balaban J connectivity index is 1.90. The second-order valence-corrected chi connectivity index (χ2v) is 7.72. The molecule has 0 saturated heterocycles. The van der Waals surface area contributed by atoms with Crippen LogP contribution in [0.1, 0.15) is 75.5 Å². The molecule has 2 aromatic carbocycles. The van der Waals surface area contributed by atoms with Gasteiger partial charge in [-0.1, -0.05) is 69.9 Å². The molecule has 0 aliphatic carbocycles. The monoisotopic (exact) mass is 434 g/mol. The molecule has 0 bridgehead atoms. The average Bonchev–Trinajstić information content (AvgIpc) is 2.82. The summed E-state index contributed by atoms with van der Waals surface area (Å²) >= 11 is 0. The van der Waals surface area contributed by atoms with Crippen molar-refractivity contribution >= 4 is 0 Å². The number of ether oxygens (including phenoxy) is 1. The van der Waals surface area contributed by atoms with Crippen LogP contribution in [0.25, 0.3) is 0 Å².